The summed E-state index contributed by atoms with van der Waals surface area (Å²) in [5.41, 5.74) is 2.42. The fourth-order valence-corrected chi connectivity index (χ4v) is 4.16. The number of hydrogen-bond acceptors (Lipinski definition) is 5. The fourth-order valence-electron chi connectivity index (χ4n) is 2.99. The molecule has 9 heteroatoms. The lowest BCUT2D eigenvalue weighted by atomic mass is 10.1. The SMILES string of the molecule is CN1c2ccc(NC(=O)Cc3ccc4c(c3)OCO4)cc2N(C)S1(=O)=O. The van der Waals surface area contributed by atoms with Crippen molar-refractivity contribution in [1.29, 1.82) is 0 Å². The lowest BCUT2D eigenvalue weighted by molar-refractivity contribution is -0.115. The lowest BCUT2D eigenvalue weighted by Crippen LogP contribution is -2.32. The highest BCUT2D eigenvalue weighted by molar-refractivity contribution is 7.94. The van der Waals surface area contributed by atoms with Gasteiger partial charge < -0.3 is 14.8 Å². The van der Waals surface area contributed by atoms with E-state index in [9.17, 15) is 13.2 Å². The molecule has 2 aliphatic rings. The van der Waals surface area contributed by atoms with Crippen LogP contribution in [0.2, 0.25) is 0 Å². The van der Waals surface area contributed by atoms with E-state index in [2.05, 4.69) is 5.32 Å². The van der Waals surface area contributed by atoms with Gasteiger partial charge in [-0.15, -0.1) is 0 Å². The number of hydrogen-bond donors (Lipinski definition) is 1. The van der Waals surface area contributed by atoms with E-state index >= 15 is 0 Å². The molecular formula is C17H17N3O5S. The Morgan fingerprint density at radius 2 is 1.77 bits per heavy atom. The third-order valence-electron chi connectivity index (χ3n) is 4.43. The van der Waals surface area contributed by atoms with Crippen LogP contribution in [0.25, 0.3) is 0 Å². The summed E-state index contributed by atoms with van der Waals surface area (Å²) in [6.07, 6.45) is 0.168. The van der Waals surface area contributed by atoms with Gasteiger partial charge in [-0.1, -0.05) is 6.07 Å². The third kappa shape index (κ3) is 2.60. The van der Waals surface area contributed by atoms with Crippen molar-refractivity contribution in [3.05, 3.63) is 42.0 Å². The molecule has 0 radical (unpaired) electrons. The molecule has 4 rings (SSSR count). The smallest absolute Gasteiger partial charge is 0.326 e. The van der Waals surface area contributed by atoms with Gasteiger partial charge in [0.2, 0.25) is 12.7 Å². The summed E-state index contributed by atoms with van der Waals surface area (Å²) >= 11 is 0. The van der Waals surface area contributed by atoms with Crippen LogP contribution >= 0.6 is 0 Å². The standard InChI is InChI=1S/C17H17N3O5S/c1-19-13-5-4-12(9-14(13)20(2)26(19,22)23)18-17(21)8-11-3-6-15-16(7-11)25-10-24-15/h3-7,9H,8,10H2,1-2H3,(H,18,21). The number of nitrogens with one attached hydrogen (secondary N) is 1. The summed E-state index contributed by atoms with van der Waals surface area (Å²) in [7, 11) is -0.557. The molecule has 0 spiro atoms. The Morgan fingerprint density at radius 3 is 2.58 bits per heavy atom. The van der Waals surface area contributed by atoms with Crippen molar-refractivity contribution in [1.82, 2.24) is 0 Å². The van der Waals surface area contributed by atoms with Crippen LogP contribution in [-0.4, -0.2) is 35.2 Å². The molecule has 8 nitrogen and oxygen atoms in total. The second-order valence-electron chi connectivity index (χ2n) is 6.06. The average Bonchev–Trinajstić information content (AvgIpc) is 3.13. The summed E-state index contributed by atoms with van der Waals surface area (Å²) in [5, 5.41) is 2.80. The van der Waals surface area contributed by atoms with E-state index in [1.807, 2.05) is 6.07 Å². The summed E-state index contributed by atoms with van der Waals surface area (Å²) in [6, 6.07) is 10.4. The first-order chi connectivity index (χ1) is 12.4. The summed E-state index contributed by atoms with van der Waals surface area (Å²) < 4.78 is 37.3. The molecule has 0 saturated heterocycles. The van der Waals surface area contributed by atoms with Gasteiger partial charge in [0, 0.05) is 19.8 Å². The van der Waals surface area contributed by atoms with Crippen LogP contribution in [0.4, 0.5) is 17.1 Å². The van der Waals surface area contributed by atoms with Crippen molar-refractivity contribution in [2.45, 2.75) is 6.42 Å². The summed E-state index contributed by atoms with van der Waals surface area (Å²) in [6.45, 7) is 0.185. The predicted octanol–water partition coefficient (Wildman–Crippen LogP) is 1.73. The fraction of sp³-hybridized carbons (Fsp3) is 0.235. The number of rotatable bonds is 3. The van der Waals surface area contributed by atoms with Crippen molar-refractivity contribution >= 4 is 33.2 Å². The minimum atomic E-state index is -3.53. The van der Waals surface area contributed by atoms with Gasteiger partial charge in [0.05, 0.1) is 17.8 Å². The Balaban J connectivity index is 1.50. The molecule has 0 unspecified atom stereocenters. The highest BCUT2D eigenvalue weighted by Gasteiger charge is 2.35. The number of carbonyl (C=O) groups excluding carboxylic acids is 1. The Kier molecular flexibility index (Phi) is 3.69. The molecule has 26 heavy (non-hydrogen) atoms. The Hall–Kier alpha value is -2.94. The average molecular weight is 375 g/mol. The molecular weight excluding hydrogens is 358 g/mol. The van der Waals surface area contributed by atoms with Crippen molar-refractivity contribution in [3.63, 3.8) is 0 Å². The van der Waals surface area contributed by atoms with E-state index in [-0.39, 0.29) is 19.1 Å². The molecule has 2 heterocycles. The van der Waals surface area contributed by atoms with Crippen molar-refractivity contribution < 1.29 is 22.7 Å². The van der Waals surface area contributed by atoms with Gasteiger partial charge in [-0.2, -0.15) is 8.42 Å². The van der Waals surface area contributed by atoms with Crippen LogP contribution in [0.3, 0.4) is 0 Å². The number of amides is 1. The molecule has 0 aromatic heterocycles. The van der Waals surface area contributed by atoms with Gasteiger partial charge in [0.15, 0.2) is 11.5 Å². The Bertz CT molecular complexity index is 1010. The zero-order valence-corrected chi connectivity index (χ0v) is 15.0. The minimum Gasteiger partial charge on any atom is -0.454 e. The largest absolute Gasteiger partial charge is 0.454 e. The van der Waals surface area contributed by atoms with Crippen molar-refractivity contribution in [2.24, 2.45) is 0 Å². The maximum atomic E-state index is 12.3. The minimum absolute atomic E-state index is 0.168. The van der Waals surface area contributed by atoms with Gasteiger partial charge in [0.25, 0.3) is 0 Å². The molecule has 0 bridgehead atoms. The van der Waals surface area contributed by atoms with Gasteiger partial charge >= 0.3 is 10.2 Å². The van der Waals surface area contributed by atoms with Crippen molar-refractivity contribution in [3.8, 4) is 11.5 Å². The highest BCUT2D eigenvalue weighted by Crippen LogP contribution is 2.40. The van der Waals surface area contributed by atoms with Crippen molar-refractivity contribution in [2.75, 3.05) is 34.8 Å². The second-order valence-corrected chi connectivity index (χ2v) is 8.05. The van der Waals surface area contributed by atoms with Crippen LogP contribution in [-0.2, 0) is 21.4 Å². The van der Waals surface area contributed by atoms with E-state index < -0.39 is 10.2 Å². The number of fused-ring (bicyclic) bond motifs is 2. The monoisotopic (exact) mass is 375 g/mol. The first-order valence-electron chi connectivity index (χ1n) is 7.91. The number of carbonyl (C=O) groups is 1. The number of anilines is 3. The molecule has 1 amide bonds. The van der Waals surface area contributed by atoms with E-state index in [0.29, 0.717) is 28.6 Å². The molecule has 0 aliphatic carbocycles. The van der Waals surface area contributed by atoms with Crippen LogP contribution in [0, 0.1) is 0 Å². The Morgan fingerprint density at radius 1 is 1.04 bits per heavy atom. The molecule has 0 saturated carbocycles. The predicted molar refractivity (Wildman–Crippen MR) is 97.1 cm³/mol. The summed E-state index contributed by atoms with van der Waals surface area (Å²) in [4.78, 5) is 12.3. The van der Waals surface area contributed by atoms with E-state index in [1.165, 1.54) is 22.7 Å². The maximum absolute atomic E-state index is 12.3. The van der Waals surface area contributed by atoms with E-state index in [1.54, 1.807) is 30.3 Å². The molecule has 1 N–H and O–H groups in total. The lowest BCUT2D eigenvalue weighted by Gasteiger charge is -2.13. The molecule has 0 fully saturated rings. The molecule has 2 aliphatic heterocycles. The first-order valence-corrected chi connectivity index (χ1v) is 9.31. The van der Waals surface area contributed by atoms with Crippen LogP contribution < -0.4 is 23.4 Å². The van der Waals surface area contributed by atoms with Gasteiger partial charge in [-0.3, -0.25) is 13.4 Å². The topological polar surface area (TPSA) is 88.2 Å². The first kappa shape index (κ1) is 16.5. The zero-order chi connectivity index (χ0) is 18.5. The molecule has 136 valence electrons. The number of benzene rings is 2. The quantitative estimate of drug-likeness (QED) is 0.883. The van der Waals surface area contributed by atoms with E-state index in [4.69, 9.17) is 9.47 Å². The van der Waals surface area contributed by atoms with Crippen LogP contribution in [0.1, 0.15) is 5.56 Å². The van der Waals surface area contributed by atoms with E-state index in [0.717, 1.165) is 5.56 Å². The number of nitrogens with zero attached hydrogens (tertiary/aromatic N) is 2. The maximum Gasteiger partial charge on any atom is 0.326 e. The molecule has 2 aromatic carbocycles. The zero-order valence-electron chi connectivity index (χ0n) is 14.2. The molecule has 0 atom stereocenters. The van der Waals surface area contributed by atoms with Crippen LogP contribution in [0.15, 0.2) is 36.4 Å². The second kappa shape index (κ2) is 5.80. The van der Waals surface area contributed by atoms with Gasteiger partial charge in [-0.05, 0) is 35.9 Å². The van der Waals surface area contributed by atoms with Gasteiger partial charge in [0.1, 0.15) is 0 Å². The molecule has 2 aromatic rings. The normalized spacial score (nSPS) is 16.5. The van der Waals surface area contributed by atoms with Gasteiger partial charge in [-0.25, -0.2) is 0 Å². The third-order valence-corrected chi connectivity index (χ3v) is 6.21. The summed E-state index contributed by atoms with van der Waals surface area (Å²) in [5.74, 6) is 1.09. The van der Waals surface area contributed by atoms with Crippen LogP contribution in [0.5, 0.6) is 11.5 Å². The Labute approximate surface area is 151 Å². The number of ether oxygens (including phenoxy) is 2. The highest BCUT2D eigenvalue weighted by atomic mass is 32.2.